The average molecular weight is 273 g/mol. The van der Waals surface area contributed by atoms with Gasteiger partial charge in [-0.15, -0.1) is 0 Å². The van der Waals surface area contributed by atoms with E-state index < -0.39 is 0 Å². The van der Waals surface area contributed by atoms with Crippen LogP contribution in [0, 0.1) is 22.7 Å². The summed E-state index contributed by atoms with van der Waals surface area (Å²) < 4.78 is 0.498. The average Bonchev–Trinajstić information content (AvgIpc) is 2.51. The van der Waals surface area contributed by atoms with E-state index in [9.17, 15) is 0 Å². The monoisotopic (exact) mass is 272 g/mol. The third-order valence-corrected chi connectivity index (χ3v) is 2.34. The van der Waals surface area contributed by atoms with Crippen LogP contribution in [0.4, 0.5) is 0 Å². The lowest BCUT2D eigenvalue weighted by Crippen LogP contribution is -1.82. The van der Waals surface area contributed by atoms with E-state index in [0.29, 0.717) is 10.9 Å². The van der Waals surface area contributed by atoms with Crippen molar-refractivity contribution < 1.29 is 0 Å². The molecule has 1 rings (SSSR count). The first kappa shape index (κ1) is 12.2. The Hall–Kier alpha value is -1.84. The highest BCUT2D eigenvalue weighted by atomic mass is 79.9. The molecule has 0 saturated carbocycles. The van der Waals surface area contributed by atoms with Crippen LogP contribution in [0.25, 0.3) is 0 Å². The van der Waals surface area contributed by atoms with Crippen LogP contribution in [-0.2, 0) is 0 Å². The van der Waals surface area contributed by atoms with Gasteiger partial charge in [0.05, 0.1) is 10.6 Å². The second-order valence-corrected chi connectivity index (χ2v) is 3.97. The molecule has 0 fully saturated rings. The molecule has 0 saturated heterocycles. The first-order chi connectivity index (χ1) is 7.76. The van der Waals surface area contributed by atoms with Crippen molar-refractivity contribution in [3.63, 3.8) is 0 Å². The van der Waals surface area contributed by atoms with Crippen molar-refractivity contribution in [2.45, 2.75) is 6.42 Å². The molecule has 78 valence electrons. The molecule has 0 aliphatic heterocycles. The molecule has 16 heavy (non-hydrogen) atoms. The predicted molar refractivity (Wildman–Crippen MR) is 67.3 cm³/mol. The van der Waals surface area contributed by atoms with E-state index in [1.807, 2.05) is 36.4 Å². The first-order valence-corrected chi connectivity index (χ1v) is 5.45. The van der Waals surface area contributed by atoms with E-state index in [1.165, 1.54) is 6.08 Å². The predicted octanol–water partition coefficient (Wildman–Crippen LogP) is 3.68. The molecule has 0 radical (unpaired) electrons. The van der Waals surface area contributed by atoms with Gasteiger partial charge < -0.3 is 0 Å². The van der Waals surface area contributed by atoms with Crippen LogP contribution >= 0.6 is 15.9 Å². The number of hydrogen-bond acceptors (Lipinski definition) is 2. The fourth-order valence-electron chi connectivity index (χ4n) is 1.26. The maximum atomic E-state index is 8.66. The lowest BCUT2D eigenvalue weighted by molar-refractivity contribution is 1.21. The second-order valence-electron chi connectivity index (χ2n) is 3.11. The molecule has 0 bridgehead atoms. The summed E-state index contributed by atoms with van der Waals surface area (Å²) in [6, 6.07) is 3.97. The molecular formula is C13H9BrN2. The lowest BCUT2D eigenvalue weighted by Gasteiger charge is -2.00. The Labute approximate surface area is 103 Å². The summed E-state index contributed by atoms with van der Waals surface area (Å²) in [5.74, 6) is 0. The smallest absolute Gasteiger partial charge is 0.107 e. The molecule has 0 unspecified atom stereocenters. The van der Waals surface area contributed by atoms with E-state index in [4.69, 9.17) is 10.5 Å². The van der Waals surface area contributed by atoms with Crippen LogP contribution in [0.5, 0.6) is 0 Å². The van der Waals surface area contributed by atoms with Gasteiger partial charge in [0.15, 0.2) is 0 Å². The van der Waals surface area contributed by atoms with Gasteiger partial charge >= 0.3 is 0 Å². The van der Waals surface area contributed by atoms with E-state index >= 15 is 0 Å². The van der Waals surface area contributed by atoms with E-state index in [1.54, 1.807) is 12.2 Å². The number of nitriles is 2. The summed E-state index contributed by atoms with van der Waals surface area (Å²) in [6.45, 7) is 0. The SMILES string of the molecule is N#C/C=C/C1=CC=CC=C(/C=C(/Br)C#N)C1. The summed E-state index contributed by atoms with van der Waals surface area (Å²) in [6.07, 6.45) is 13.4. The molecule has 0 amide bonds. The van der Waals surface area contributed by atoms with Gasteiger partial charge in [0.25, 0.3) is 0 Å². The van der Waals surface area contributed by atoms with Crippen LogP contribution in [-0.4, -0.2) is 0 Å². The highest BCUT2D eigenvalue weighted by Crippen LogP contribution is 2.19. The van der Waals surface area contributed by atoms with Gasteiger partial charge in [0, 0.05) is 6.08 Å². The lowest BCUT2D eigenvalue weighted by atomic mass is 10.1. The number of rotatable bonds is 2. The van der Waals surface area contributed by atoms with Gasteiger partial charge in [0.1, 0.15) is 6.07 Å². The Morgan fingerprint density at radius 2 is 1.94 bits per heavy atom. The normalized spacial score (nSPS) is 16.1. The third kappa shape index (κ3) is 4.13. The van der Waals surface area contributed by atoms with Crippen LogP contribution < -0.4 is 0 Å². The molecule has 2 nitrogen and oxygen atoms in total. The van der Waals surface area contributed by atoms with Gasteiger partial charge in [-0.2, -0.15) is 10.5 Å². The molecule has 0 N–H and O–H groups in total. The van der Waals surface area contributed by atoms with Gasteiger partial charge in [0.2, 0.25) is 0 Å². The van der Waals surface area contributed by atoms with Crippen molar-refractivity contribution in [3.05, 3.63) is 58.2 Å². The van der Waals surface area contributed by atoms with Gasteiger partial charge in [-0.3, -0.25) is 0 Å². The molecule has 3 heteroatoms. The second kappa shape index (κ2) is 6.61. The van der Waals surface area contributed by atoms with Crippen LogP contribution in [0.1, 0.15) is 6.42 Å². The van der Waals surface area contributed by atoms with Crippen LogP contribution in [0.2, 0.25) is 0 Å². The van der Waals surface area contributed by atoms with Crippen molar-refractivity contribution in [2.24, 2.45) is 0 Å². The van der Waals surface area contributed by atoms with Crippen LogP contribution in [0.15, 0.2) is 58.2 Å². The zero-order chi connectivity index (χ0) is 11.8. The molecule has 1 aliphatic rings. The minimum atomic E-state index is 0.498. The summed E-state index contributed by atoms with van der Waals surface area (Å²) in [7, 11) is 0. The highest BCUT2D eigenvalue weighted by molar-refractivity contribution is 9.12. The summed E-state index contributed by atoms with van der Waals surface area (Å²) in [4.78, 5) is 0. The Kier molecular flexibility index (Phi) is 5.05. The Morgan fingerprint density at radius 3 is 2.56 bits per heavy atom. The van der Waals surface area contributed by atoms with Gasteiger partial charge in [-0.1, -0.05) is 24.3 Å². The van der Waals surface area contributed by atoms with E-state index in [2.05, 4.69) is 15.9 Å². The van der Waals surface area contributed by atoms with Crippen molar-refractivity contribution in [2.75, 3.05) is 0 Å². The molecular weight excluding hydrogens is 264 g/mol. The first-order valence-electron chi connectivity index (χ1n) is 4.66. The fraction of sp³-hybridized carbons (Fsp3) is 0.0769. The largest absolute Gasteiger partial charge is 0.193 e. The maximum Gasteiger partial charge on any atom is 0.107 e. The Morgan fingerprint density at radius 1 is 1.25 bits per heavy atom. The minimum Gasteiger partial charge on any atom is -0.193 e. The maximum absolute atomic E-state index is 8.66. The Balaban J connectivity index is 2.87. The fourth-order valence-corrected chi connectivity index (χ4v) is 1.56. The molecule has 0 aromatic heterocycles. The number of hydrogen-bond donors (Lipinski definition) is 0. The Bertz CT molecular complexity index is 491. The van der Waals surface area contributed by atoms with Crippen molar-refractivity contribution >= 4 is 15.9 Å². The summed E-state index contributed by atoms with van der Waals surface area (Å²) in [5, 5.41) is 17.1. The molecule has 0 heterocycles. The molecule has 0 spiro atoms. The van der Waals surface area contributed by atoms with Gasteiger partial charge in [-0.25, -0.2) is 0 Å². The van der Waals surface area contributed by atoms with Crippen molar-refractivity contribution in [1.82, 2.24) is 0 Å². The van der Waals surface area contributed by atoms with Crippen molar-refractivity contribution in [3.8, 4) is 12.1 Å². The zero-order valence-electron chi connectivity index (χ0n) is 8.52. The molecule has 1 aliphatic carbocycles. The van der Waals surface area contributed by atoms with E-state index in [0.717, 1.165) is 11.1 Å². The van der Waals surface area contributed by atoms with E-state index in [-0.39, 0.29) is 0 Å². The minimum absolute atomic E-state index is 0.498. The summed E-state index contributed by atoms with van der Waals surface area (Å²) >= 11 is 3.16. The van der Waals surface area contributed by atoms with Gasteiger partial charge in [-0.05, 0) is 45.6 Å². The highest BCUT2D eigenvalue weighted by Gasteiger charge is 2.00. The standard InChI is InChI=1S/C13H9BrN2/c14-13(10-16)9-12-5-2-1-4-11(8-12)6-3-7-15/h1-6,9H,8H2/b6-3+,13-9+. The number of nitrogens with zero attached hydrogens (tertiary/aromatic N) is 2. The topological polar surface area (TPSA) is 47.6 Å². The van der Waals surface area contributed by atoms with Crippen molar-refractivity contribution in [1.29, 1.82) is 10.5 Å². The number of halogens is 1. The number of allylic oxidation sites excluding steroid dienone is 10. The third-order valence-electron chi connectivity index (χ3n) is 1.93. The van der Waals surface area contributed by atoms with Crippen LogP contribution in [0.3, 0.4) is 0 Å². The molecule has 0 aromatic carbocycles. The quantitative estimate of drug-likeness (QED) is 0.720. The molecule has 0 aromatic rings. The zero-order valence-corrected chi connectivity index (χ0v) is 10.1. The summed E-state index contributed by atoms with van der Waals surface area (Å²) in [5.41, 5.74) is 2.06. The molecule has 0 atom stereocenters.